The number of allylic oxidation sites excluding steroid dienone is 1. The Hall–Kier alpha value is -1.16. The fraction of sp³-hybridized carbons (Fsp3) is 0.833. The predicted molar refractivity (Wildman–Crippen MR) is 111 cm³/mol. The molecule has 1 heterocycles. The molecule has 154 valence electrons. The molecule has 0 radical (unpaired) electrons. The summed E-state index contributed by atoms with van der Waals surface area (Å²) in [4.78, 5) is 18.5. The van der Waals surface area contributed by atoms with Gasteiger partial charge in [0.2, 0.25) is 0 Å². The summed E-state index contributed by atoms with van der Waals surface area (Å²) in [7, 11) is 0. The van der Waals surface area contributed by atoms with Gasteiger partial charge in [-0.1, -0.05) is 31.2 Å². The minimum atomic E-state index is -0.0717. The van der Waals surface area contributed by atoms with Gasteiger partial charge in [-0.05, 0) is 80.6 Å². The summed E-state index contributed by atoms with van der Waals surface area (Å²) < 4.78 is 0. The number of nitrogens with zero attached hydrogens (tertiary/aromatic N) is 1. The number of hydrogen-bond acceptors (Lipinski definition) is 4. The van der Waals surface area contributed by atoms with Crippen LogP contribution in [0.3, 0.4) is 0 Å². The third-order valence-electron chi connectivity index (χ3n) is 9.52. The highest BCUT2D eigenvalue weighted by Gasteiger charge is 2.61. The molecule has 1 unspecified atom stereocenters. The zero-order chi connectivity index (χ0) is 19.5. The largest absolute Gasteiger partial charge is 0.391 e. The lowest BCUT2D eigenvalue weighted by Crippen LogP contribution is -2.54. The van der Waals surface area contributed by atoms with Crippen LogP contribution in [0.25, 0.3) is 0 Å². The van der Waals surface area contributed by atoms with Crippen molar-refractivity contribution in [3.8, 4) is 0 Å². The average molecular weight is 385 g/mol. The number of carbonyl (C=O) groups excluding carboxylic acids is 1. The number of oxime groups is 1. The van der Waals surface area contributed by atoms with Gasteiger partial charge in [0.15, 0.2) is 0 Å². The van der Waals surface area contributed by atoms with Crippen molar-refractivity contribution >= 4 is 11.5 Å². The van der Waals surface area contributed by atoms with Gasteiger partial charge in [-0.25, -0.2) is 0 Å². The lowest BCUT2D eigenvalue weighted by molar-refractivity contribution is -0.133. The monoisotopic (exact) mass is 384 g/mol. The molecule has 0 aromatic heterocycles. The maximum Gasteiger partial charge on any atom is 0.141 e. The summed E-state index contributed by atoms with van der Waals surface area (Å²) in [6.45, 7) is 11.3. The van der Waals surface area contributed by atoms with Gasteiger partial charge in [-0.2, -0.15) is 0 Å². The number of rotatable bonds is 2. The van der Waals surface area contributed by atoms with E-state index in [0.29, 0.717) is 34.9 Å². The molecule has 5 fully saturated rings. The Bertz CT molecular complexity index is 709. The zero-order valence-electron chi connectivity index (χ0n) is 17.6. The number of ketones is 1. The molecule has 0 aromatic carbocycles. The summed E-state index contributed by atoms with van der Waals surface area (Å²) in [6, 6.07) is 0. The van der Waals surface area contributed by atoms with Gasteiger partial charge in [0, 0.05) is 24.8 Å². The minimum absolute atomic E-state index is 0.0717. The van der Waals surface area contributed by atoms with Crippen molar-refractivity contribution in [1.82, 2.24) is 5.32 Å². The van der Waals surface area contributed by atoms with Crippen molar-refractivity contribution in [3.63, 3.8) is 0 Å². The molecule has 5 aliphatic rings. The summed E-state index contributed by atoms with van der Waals surface area (Å²) in [5.41, 5.74) is 2.99. The van der Waals surface area contributed by atoms with Gasteiger partial charge in [-0.15, -0.1) is 0 Å². The van der Waals surface area contributed by atoms with Crippen LogP contribution in [-0.4, -0.2) is 30.7 Å². The van der Waals surface area contributed by atoms with E-state index >= 15 is 0 Å². The van der Waals surface area contributed by atoms with E-state index < -0.39 is 0 Å². The SMILES string of the molecule is C=C1CC2C/C(=N\O[C@H]3CCNC3)CC[C@]2(C)[C@H]2CC[C@]3(C)C(=O)CC[C@H]3[C@H]12. The number of nitrogens with one attached hydrogen (secondary N) is 1. The second kappa shape index (κ2) is 6.68. The van der Waals surface area contributed by atoms with Gasteiger partial charge in [0.05, 0.1) is 5.71 Å². The second-order valence-electron chi connectivity index (χ2n) is 10.8. The van der Waals surface area contributed by atoms with Crippen molar-refractivity contribution in [2.24, 2.45) is 39.7 Å². The Balaban J connectivity index is 1.35. The Labute approximate surface area is 169 Å². The van der Waals surface area contributed by atoms with Crippen LogP contribution in [0.5, 0.6) is 0 Å². The quantitative estimate of drug-likeness (QED) is 0.563. The van der Waals surface area contributed by atoms with Crippen molar-refractivity contribution in [2.75, 3.05) is 13.1 Å². The molecule has 0 amide bonds. The highest BCUT2D eigenvalue weighted by Crippen LogP contribution is 2.66. The second-order valence-corrected chi connectivity index (χ2v) is 10.8. The molecule has 1 N–H and O–H groups in total. The number of fused-ring (bicyclic) bond motifs is 5. The minimum Gasteiger partial charge on any atom is -0.391 e. The molecule has 5 rings (SSSR count). The third-order valence-corrected chi connectivity index (χ3v) is 9.52. The topological polar surface area (TPSA) is 50.7 Å². The Morgan fingerprint density at radius 3 is 2.75 bits per heavy atom. The molecule has 28 heavy (non-hydrogen) atoms. The summed E-state index contributed by atoms with van der Waals surface area (Å²) >= 11 is 0. The molecule has 4 aliphatic carbocycles. The van der Waals surface area contributed by atoms with Crippen molar-refractivity contribution in [2.45, 2.75) is 77.7 Å². The van der Waals surface area contributed by atoms with E-state index in [1.165, 1.54) is 24.1 Å². The highest BCUT2D eigenvalue weighted by atomic mass is 16.6. The molecule has 7 atom stereocenters. The first-order valence-electron chi connectivity index (χ1n) is 11.5. The molecule has 4 saturated carbocycles. The summed E-state index contributed by atoms with van der Waals surface area (Å²) in [5.74, 6) is 2.96. The normalized spacial score (nSPS) is 49.6. The molecular weight excluding hydrogens is 348 g/mol. The molecule has 0 aromatic rings. The Morgan fingerprint density at radius 1 is 1.11 bits per heavy atom. The molecule has 4 nitrogen and oxygen atoms in total. The molecule has 1 saturated heterocycles. The summed E-state index contributed by atoms with van der Waals surface area (Å²) in [6.07, 6.45) is 9.96. The molecule has 4 heteroatoms. The molecule has 0 bridgehead atoms. The van der Waals surface area contributed by atoms with Crippen LogP contribution in [0.15, 0.2) is 17.3 Å². The van der Waals surface area contributed by atoms with Crippen LogP contribution in [0.2, 0.25) is 0 Å². The maximum absolute atomic E-state index is 12.6. The average Bonchev–Trinajstić information content (AvgIpc) is 3.29. The van der Waals surface area contributed by atoms with Gasteiger partial charge in [0.25, 0.3) is 0 Å². The fourth-order valence-electron chi connectivity index (χ4n) is 7.66. The van der Waals surface area contributed by atoms with Crippen molar-refractivity contribution in [1.29, 1.82) is 0 Å². The number of carbonyl (C=O) groups is 1. The van der Waals surface area contributed by atoms with Crippen LogP contribution >= 0.6 is 0 Å². The van der Waals surface area contributed by atoms with Crippen LogP contribution in [-0.2, 0) is 9.63 Å². The Morgan fingerprint density at radius 2 is 1.96 bits per heavy atom. The van der Waals surface area contributed by atoms with Gasteiger partial charge >= 0.3 is 0 Å². The van der Waals surface area contributed by atoms with Gasteiger partial charge < -0.3 is 10.2 Å². The van der Waals surface area contributed by atoms with E-state index in [1.54, 1.807) is 0 Å². The zero-order valence-corrected chi connectivity index (χ0v) is 17.6. The molecule has 0 spiro atoms. The predicted octanol–water partition coefficient (Wildman–Crippen LogP) is 4.50. The third kappa shape index (κ3) is 2.74. The molecule has 1 aliphatic heterocycles. The van der Waals surface area contributed by atoms with E-state index in [2.05, 4.69) is 30.9 Å². The molecular formula is C24H36N2O2. The van der Waals surface area contributed by atoms with Gasteiger partial charge in [-0.3, -0.25) is 4.79 Å². The number of Topliss-reactive ketones (excluding diaryl/α,β-unsaturated/α-hetero) is 1. The first kappa shape index (κ1) is 18.8. The summed E-state index contributed by atoms with van der Waals surface area (Å²) in [5, 5.41) is 7.94. The van der Waals surface area contributed by atoms with E-state index in [9.17, 15) is 4.79 Å². The van der Waals surface area contributed by atoms with E-state index in [-0.39, 0.29) is 11.5 Å². The fourth-order valence-corrected chi connectivity index (χ4v) is 7.66. The first-order chi connectivity index (χ1) is 13.4. The highest BCUT2D eigenvalue weighted by molar-refractivity contribution is 5.87. The van der Waals surface area contributed by atoms with E-state index in [0.717, 1.165) is 58.0 Å². The van der Waals surface area contributed by atoms with Crippen LogP contribution < -0.4 is 5.32 Å². The maximum atomic E-state index is 12.6. The standard InChI is InChI=1S/C24H36N2O2/c1-15-12-16-13-17(26-28-18-8-11-25-14-18)6-9-23(16,2)20-7-10-24(3)19(22(15)20)4-5-21(24)27/h16,18-20,22,25H,1,4-14H2,2-3H3/b26-17-/t16?,18-,19-,20-,22-,23-,24-/m0/s1. The van der Waals surface area contributed by atoms with Gasteiger partial charge in [0.1, 0.15) is 11.9 Å². The Kier molecular flexibility index (Phi) is 4.50. The van der Waals surface area contributed by atoms with E-state index in [4.69, 9.17) is 4.84 Å². The van der Waals surface area contributed by atoms with E-state index in [1.807, 2.05) is 0 Å². The smallest absolute Gasteiger partial charge is 0.141 e. The lowest BCUT2D eigenvalue weighted by Gasteiger charge is -2.60. The van der Waals surface area contributed by atoms with Crippen LogP contribution in [0, 0.1) is 34.5 Å². The van der Waals surface area contributed by atoms with Crippen LogP contribution in [0.1, 0.15) is 71.6 Å². The van der Waals surface area contributed by atoms with Crippen molar-refractivity contribution < 1.29 is 9.63 Å². The number of hydrogen-bond donors (Lipinski definition) is 1. The van der Waals surface area contributed by atoms with Crippen LogP contribution in [0.4, 0.5) is 0 Å². The van der Waals surface area contributed by atoms with Crippen molar-refractivity contribution in [3.05, 3.63) is 12.2 Å². The first-order valence-corrected chi connectivity index (χ1v) is 11.5. The lowest BCUT2D eigenvalue weighted by atomic mass is 9.44.